The Hall–Kier alpha value is -2.31. The molecule has 0 bridgehead atoms. The average molecular weight is 400 g/mol. The number of hydrogen-bond acceptors (Lipinski definition) is 4. The number of para-hydroxylation sites is 1. The first kappa shape index (κ1) is 22.0. The maximum absolute atomic E-state index is 12.3. The van der Waals surface area contributed by atoms with E-state index in [1.54, 1.807) is 23.7 Å². The lowest BCUT2D eigenvalue weighted by Crippen LogP contribution is -2.39. The third-order valence-electron chi connectivity index (χ3n) is 4.62. The molecule has 2 rings (SSSR count). The first-order chi connectivity index (χ1) is 13.3. The number of nitrogens with one attached hydrogen (secondary N) is 2. The summed E-state index contributed by atoms with van der Waals surface area (Å²) in [7, 11) is 1.76. The van der Waals surface area contributed by atoms with Gasteiger partial charge in [0.15, 0.2) is 0 Å². The van der Waals surface area contributed by atoms with Crippen LogP contribution in [0.4, 0.5) is 5.69 Å². The van der Waals surface area contributed by atoms with Gasteiger partial charge in [0.05, 0.1) is 24.8 Å². The van der Waals surface area contributed by atoms with Gasteiger partial charge in [0, 0.05) is 4.90 Å². The first-order valence-electron chi connectivity index (χ1n) is 9.28. The lowest BCUT2D eigenvalue weighted by atomic mass is 10.0. The van der Waals surface area contributed by atoms with Gasteiger partial charge in [-0.1, -0.05) is 30.3 Å². The summed E-state index contributed by atoms with van der Waals surface area (Å²) in [5.41, 5.74) is 4.31. The van der Waals surface area contributed by atoms with E-state index in [0.717, 1.165) is 16.1 Å². The van der Waals surface area contributed by atoms with Crippen LogP contribution < -0.4 is 10.6 Å². The van der Waals surface area contributed by atoms with Crippen molar-refractivity contribution in [3.8, 4) is 0 Å². The molecular formula is C22H29N3O2S. The maximum Gasteiger partial charge on any atom is 0.238 e. The molecule has 0 saturated carbocycles. The van der Waals surface area contributed by atoms with Crippen LogP contribution in [0.25, 0.3) is 0 Å². The molecule has 5 nitrogen and oxygen atoms in total. The van der Waals surface area contributed by atoms with E-state index in [-0.39, 0.29) is 30.9 Å². The van der Waals surface area contributed by atoms with Crippen LogP contribution in [-0.4, -0.2) is 43.1 Å². The molecule has 0 aliphatic carbocycles. The minimum atomic E-state index is -0.140. The van der Waals surface area contributed by atoms with Gasteiger partial charge in [-0.3, -0.25) is 14.5 Å². The van der Waals surface area contributed by atoms with Crippen molar-refractivity contribution in [1.82, 2.24) is 10.2 Å². The summed E-state index contributed by atoms with van der Waals surface area (Å²) < 4.78 is 0. The van der Waals surface area contributed by atoms with E-state index in [0.29, 0.717) is 0 Å². The molecule has 0 saturated heterocycles. The quantitative estimate of drug-likeness (QED) is 0.664. The Bertz CT molecular complexity index is 838. The normalized spacial score (nSPS) is 11.9. The average Bonchev–Trinajstić information content (AvgIpc) is 2.63. The number of thioether (sulfide) groups is 1. The summed E-state index contributed by atoms with van der Waals surface area (Å²) in [4.78, 5) is 27.4. The topological polar surface area (TPSA) is 61.4 Å². The molecule has 0 spiro atoms. The number of hydrogen-bond donors (Lipinski definition) is 2. The molecule has 2 aromatic carbocycles. The van der Waals surface area contributed by atoms with Gasteiger partial charge in [0.1, 0.15) is 0 Å². The monoisotopic (exact) mass is 399 g/mol. The van der Waals surface area contributed by atoms with Crippen LogP contribution >= 0.6 is 11.8 Å². The highest BCUT2D eigenvalue weighted by molar-refractivity contribution is 7.98. The lowest BCUT2D eigenvalue weighted by molar-refractivity contribution is -0.123. The third-order valence-corrected chi connectivity index (χ3v) is 5.41. The predicted molar refractivity (Wildman–Crippen MR) is 117 cm³/mol. The second kappa shape index (κ2) is 10.3. The highest BCUT2D eigenvalue weighted by Gasteiger charge is 2.15. The van der Waals surface area contributed by atoms with Crippen LogP contribution in [0.2, 0.25) is 0 Å². The minimum absolute atomic E-state index is 0.0810. The number of carbonyl (C=O) groups is 2. The number of aryl methyl sites for hydroxylation is 2. The van der Waals surface area contributed by atoms with Gasteiger partial charge < -0.3 is 10.6 Å². The SMILES string of the molecule is CSc1ccccc1NC(=O)CN(C)CC(=O)N[C@H](C)c1ccc(C)c(C)c1. The predicted octanol–water partition coefficient (Wildman–Crippen LogP) is 3.77. The summed E-state index contributed by atoms with van der Waals surface area (Å²) in [6.07, 6.45) is 1.97. The fraction of sp³-hybridized carbons (Fsp3) is 0.364. The molecule has 0 aliphatic rings. The Morgan fingerprint density at radius 3 is 2.39 bits per heavy atom. The van der Waals surface area contributed by atoms with E-state index in [1.807, 2.05) is 43.5 Å². The van der Waals surface area contributed by atoms with Crippen molar-refractivity contribution < 1.29 is 9.59 Å². The van der Waals surface area contributed by atoms with Gasteiger partial charge in [-0.2, -0.15) is 0 Å². The van der Waals surface area contributed by atoms with Crippen LogP contribution in [0, 0.1) is 13.8 Å². The number of benzene rings is 2. The van der Waals surface area contributed by atoms with Crippen LogP contribution in [0.5, 0.6) is 0 Å². The van der Waals surface area contributed by atoms with Crippen LogP contribution in [-0.2, 0) is 9.59 Å². The van der Waals surface area contributed by atoms with Crippen LogP contribution in [0.15, 0.2) is 47.4 Å². The van der Waals surface area contributed by atoms with Crippen LogP contribution in [0.3, 0.4) is 0 Å². The molecule has 2 amide bonds. The maximum atomic E-state index is 12.3. The van der Waals surface area contributed by atoms with Crippen molar-refractivity contribution >= 4 is 29.3 Å². The second-order valence-electron chi connectivity index (χ2n) is 7.05. The Kier molecular flexibility index (Phi) is 8.08. The smallest absolute Gasteiger partial charge is 0.238 e. The number of amides is 2. The standard InChI is InChI=1S/C22H29N3O2S/c1-15-10-11-18(12-16(15)2)17(3)23-21(26)13-25(4)14-22(27)24-19-8-6-7-9-20(19)28-5/h6-12,17H,13-14H2,1-5H3,(H,23,26)(H,24,27)/t17-/m1/s1. The second-order valence-corrected chi connectivity index (χ2v) is 7.90. The highest BCUT2D eigenvalue weighted by Crippen LogP contribution is 2.24. The molecule has 28 heavy (non-hydrogen) atoms. The van der Waals surface area contributed by atoms with E-state index in [4.69, 9.17) is 0 Å². The van der Waals surface area contributed by atoms with Gasteiger partial charge in [0.25, 0.3) is 0 Å². The zero-order chi connectivity index (χ0) is 20.7. The summed E-state index contributed by atoms with van der Waals surface area (Å²) in [5, 5.41) is 5.91. The van der Waals surface area contributed by atoms with Gasteiger partial charge in [0.2, 0.25) is 11.8 Å². The molecule has 0 heterocycles. The fourth-order valence-electron chi connectivity index (χ4n) is 2.89. The summed E-state index contributed by atoms with van der Waals surface area (Å²) in [6.45, 7) is 6.41. The molecule has 0 aromatic heterocycles. The van der Waals surface area contributed by atoms with E-state index >= 15 is 0 Å². The molecule has 0 aliphatic heterocycles. The van der Waals surface area contributed by atoms with Crippen molar-refractivity contribution in [2.24, 2.45) is 0 Å². The van der Waals surface area contributed by atoms with E-state index in [1.165, 1.54) is 11.1 Å². The Morgan fingerprint density at radius 1 is 1.04 bits per heavy atom. The van der Waals surface area contributed by atoms with Crippen molar-refractivity contribution in [2.45, 2.75) is 31.7 Å². The molecule has 0 radical (unpaired) electrons. The molecule has 2 N–H and O–H groups in total. The summed E-state index contributed by atoms with van der Waals surface area (Å²) >= 11 is 1.58. The number of anilines is 1. The molecule has 1 atom stereocenters. The zero-order valence-corrected chi connectivity index (χ0v) is 18.0. The van der Waals surface area contributed by atoms with E-state index in [2.05, 4.69) is 36.6 Å². The lowest BCUT2D eigenvalue weighted by Gasteiger charge is -2.20. The van der Waals surface area contributed by atoms with Gasteiger partial charge in [-0.25, -0.2) is 0 Å². The number of rotatable bonds is 8. The van der Waals surface area contributed by atoms with Gasteiger partial charge in [-0.15, -0.1) is 11.8 Å². The molecule has 0 unspecified atom stereocenters. The molecule has 0 fully saturated rings. The highest BCUT2D eigenvalue weighted by atomic mass is 32.2. The number of carbonyl (C=O) groups excluding carboxylic acids is 2. The third kappa shape index (κ3) is 6.39. The largest absolute Gasteiger partial charge is 0.348 e. The van der Waals surface area contributed by atoms with Crippen molar-refractivity contribution in [2.75, 3.05) is 31.7 Å². The molecule has 150 valence electrons. The Morgan fingerprint density at radius 2 is 1.71 bits per heavy atom. The van der Waals surface area contributed by atoms with E-state index < -0.39 is 0 Å². The van der Waals surface area contributed by atoms with Crippen molar-refractivity contribution in [1.29, 1.82) is 0 Å². The molecule has 2 aromatic rings. The van der Waals surface area contributed by atoms with Gasteiger partial charge in [-0.05, 0) is 62.9 Å². The minimum Gasteiger partial charge on any atom is -0.348 e. The molecule has 6 heteroatoms. The Labute approximate surface area is 171 Å². The van der Waals surface area contributed by atoms with Crippen LogP contribution in [0.1, 0.15) is 29.7 Å². The number of nitrogens with zero attached hydrogens (tertiary/aromatic N) is 1. The van der Waals surface area contributed by atoms with Crippen molar-refractivity contribution in [3.63, 3.8) is 0 Å². The molecular weight excluding hydrogens is 370 g/mol. The first-order valence-corrected chi connectivity index (χ1v) is 10.5. The van der Waals surface area contributed by atoms with Crippen molar-refractivity contribution in [3.05, 3.63) is 59.2 Å². The fourth-order valence-corrected chi connectivity index (χ4v) is 3.44. The summed E-state index contributed by atoms with van der Waals surface area (Å²) in [5.74, 6) is -0.246. The number of likely N-dealkylation sites (N-methyl/N-ethyl adjacent to an activating group) is 1. The zero-order valence-electron chi connectivity index (χ0n) is 17.2. The summed E-state index contributed by atoms with van der Waals surface area (Å²) in [6, 6.07) is 13.8. The van der Waals surface area contributed by atoms with Gasteiger partial charge >= 0.3 is 0 Å². The Balaban J connectivity index is 1.84. The van der Waals surface area contributed by atoms with E-state index in [9.17, 15) is 9.59 Å².